The number of hydrogen-bond acceptors (Lipinski definition) is 7. The summed E-state index contributed by atoms with van der Waals surface area (Å²) in [6, 6.07) is 15.5. The Morgan fingerprint density at radius 3 is 2.38 bits per heavy atom. The van der Waals surface area contributed by atoms with Crippen LogP contribution in [0.3, 0.4) is 0 Å². The van der Waals surface area contributed by atoms with Gasteiger partial charge >= 0.3 is 0 Å². The van der Waals surface area contributed by atoms with Crippen LogP contribution in [0.2, 0.25) is 0 Å². The molecule has 1 amide bonds. The maximum atomic E-state index is 12.4. The van der Waals surface area contributed by atoms with Crippen LogP contribution < -0.4 is 10.0 Å². The average molecular weight is 466 g/mol. The lowest BCUT2D eigenvalue weighted by atomic mass is 10.2. The van der Waals surface area contributed by atoms with Gasteiger partial charge in [0.25, 0.3) is 10.0 Å². The highest BCUT2D eigenvalue weighted by atomic mass is 32.2. The largest absolute Gasteiger partial charge is 0.326 e. The maximum absolute atomic E-state index is 12.4. The summed E-state index contributed by atoms with van der Waals surface area (Å²) in [6.45, 7) is 2.03. The van der Waals surface area contributed by atoms with Crippen LogP contribution in [0.15, 0.2) is 77.3 Å². The number of amides is 1. The molecule has 0 aliphatic heterocycles. The summed E-state index contributed by atoms with van der Waals surface area (Å²) >= 11 is 1.49. The standard InChI is InChI=1S/C22H19N5O3S2/c1-15-3-5-16(6-4-15)21-26-18(14-31-21)13-20(28)25-17-7-9-19(10-8-17)32(29,30)27-22-23-11-2-12-24-22/h2-12,14H,13H2,1H3,(H,25,28)(H,23,24,27). The number of rotatable bonds is 7. The second-order valence-corrected chi connectivity index (χ2v) is 9.48. The predicted octanol–water partition coefficient (Wildman–Crippen LogP) is 3.89. The van der Waals surface area contributed by atoms with Crippen molar-refractivity contribution in [3.05, 3.63) is 83.6 Å². The van der Waals surface area contributed by atoms with Crippen LogP contribution in [0.4, 0.5) is 11.6 Å². The zero-order valence-electron chi connectivity index (χ0n) is 17.0. The van der Waals surface area contributed by atoms with Crippen LogP contribution in [0, 0.1) is 6.92 Å². The molecule has 0 radical (unpaired) electrons. The third-order valence-electron chi connectivity index (χ3n) is 4.43. The second kappa shape index (κ2) is 9.25. The number of carbonyl (C=O) groups is 1. The fraction of sp³-hybridized carbons (Fsp3) is 0.0909. The molecular weight excluding hydrogens is 446 g/mol. The number of nitrogens with zero attached hydrogens (tertiary/aromatic N) is 3. The number of benzene rings is 2. The van der Waals surface area contributed by atoms with Gasteiger partial charge in [0.05, 0.1) is 17.0 Å². The van der Waals surface area contributed by atoms with Gasteiger partial charge in [0, 0.05) is 29.0 Å². The molecule has 0 saturated heterocycles. The second-order valence-electron chi connectivity index (χ2n) is 6.94. The lowest BCUT2D eigenvalue weighted by Gasteiger charge is -2.08. The van der Waals surface area contributed by atoms with Crippen molar-refractivity contribution >= 4 is 38.9 Å². The van der Waals surface area contributed by atoms with Crippen LogP contribution in [-0.2, 0) is 21.2 Å². The number of anilines is 2. The Labute approximate surface area is 189 Å². The van der Waals surface area contributed by atoms with E-state index < -0.39 is 10.0 Å². The molecule has 4 aromatic rings. The van der Waals surface area contributed by atoms with E-state index in [-0.39, 0.29) is 23.2 Å². The van der Waals surface area contributed by atoms with E-state index >= 15 is 0 Å². The van der Waals surface area contributed by atoms with Crippen molar-refractivity contribution in [2.75, 3.05) is 10.0 Å². The van der Waals surface area contributed by atoms with Crippen molar-refractivity contribution in [3.8, 4) is 10.6 Å². The predicted molar refractivity (Wildman–Crippen MR) is 124 cm³/mol. The summed E-state index contributed by atoms with van der Waals surface area (Å²) in [5.41, 5.74) is 3.35. The van der Waals surface area contributed by atoms with Gasteiger partial charge in [-0.3, -0.25) is 4.79 Å². The van der Waals surface area contributed by atoms with Gasteiger partial charge in [-0.05, 0) is 37.3 Å². The molecule has 10 heteroatoms. The van der Waals surface area contributed by atoms with Crippen molar-refractivity contribution in [3.63, 3.8) is 0 Å². The molecular formula is C22H19N5O3S2. The molecule has 0 bridgehead atoms. The molecule has 2 N–H and O–H groups in total. The highest BCUT2D eigenvalue weighted by Crippen LogP contribution is 2.24. The van der Waals surface area contributed by atoms with Gasteiger partial charge in [-0.1, -0.05) is 29.8 Å². The summed E-state index contributed by atoms with van der Waals surface area (Å²) in [5.74, 6) is -0.254. The van der Waals surface area contributed by atoms with Gasteiger partial charge in [-0.15, -0.1) is 11.3 Å². The first-order chi connectivity index (χ1) is 15.4. The van der Waals surface area contributed by atoms with Crippen molar-refractivity contribution in [1.29, 1.82) is 0 Å². The summed E-state index contributed by atoms with van der Waals surface area (Å²) in [4.78, 5) is 24.7. The molecule has 0 aliphatic rings. The molecule has 0 atom stereocenters. The van der Waals surface area contributed by atoms with Crippen LogP contribution in [-0.4, -0.2) is 29.3 Å². The third kappa shape index (κ3) is 5.34. The van der Waals surface area contributed by atoms with E-state index in [0.29, 0.717) is 11.4 Å². The van der Waals surface area contributed by atoms with Gasteiger partial charge in [0.1, 0.15) is 5.01 Å². The molecule has 2 aromatic heterocycles. The molecule has 0 spiro atoms. The smallest absolute Gasteiger partial charge is 0.264 e. The van der Waals surface area contributed by atoms with Crippen molar-refractivity contribution in [2.45, 2.75) is 18.2 Å². The fourth-order valence-corrected chi connectivity index (χ4v) is 4.62. The Balaban J connectivity index is 1.37. The van der Waals surface area contributed by atoms with E-state index in [1.165, 1.54) is 53.6 Å². The minimum atomic E-state index is -3.83. The molecule has 0 aliphatic carbocycles. The quantitative estimate of drug-likeness (QED) is 0.428. The fourth-order valence-electron chi connectivity index (χ4n) is 2.83. The molecule has 32 heavy (non-hydrogen) atoms. The van der Waals surface area contributed by atoms with E-state index in [9.17, 15) is 13.2 Å². The highest BCUT2D eigenvalue weighted by Gasteiger charge is 2.16. The first-order valence-corrected chi connectivity index (χ1v) is 12.0. The topological polar surface area (TPSA) is 114 Å². The van der Waals surface area contributed by atoms with Crippen LogP contribution in [0.1, 0.15) is 11.3 Å². The Kier molecular flexibility index (Phi) is 6.24. The Bertz CT molecular complexity index is 1320. The van der Waals surface area contributed by atoms with Crippen LogP contribution >= 0.6 is 11.3 Å². The Morgan fingerprint density at radius 1 is 1.00 bits per heavy atom. The maximum Gasteiger partial charge on any atom is 0.264 e. The lowest BCUT2D eigenvalue weighted by molar-refractivity contribution is -0.115. The summed E-state index contributed by atoms with van der Waals surface area (Å²) in [7, 11) is -3.83. The lowest BCUT2D eigenvalue weighted by Crippen LogP contribution is -2.16. The molecule has 162 valence electrons. The summed E-state index contributed by atoms with van der Waals surface area (Å²) < 4.78 is 27.2. The Hall–Kier alpha value is -3.63. The first-order valence-electron chi connectivity index (χ1n) is 9.60. The molecule has 0 fully saturated rings. The number of thiazole rings is 1. The number of nitrogens with one attached hydrogen (secondary N) is 2. The minimum Gasteiger partial charge on any atom is -0.326 e. The van der Waals surface area contributed by atoms with Crippen molar-refractivity contribution < 1.29 is 13.2 Å². The van der Waals surface area contributed by atoms with Crippen molar-refractivity contribution in [2.24, 2.45) is 0 Å². The minimum absolute atomic E-state index is 0.0156. The van der Waals surface area contributed by atoms with Gasteiger partial charge in [-0.25, -0.2) is 28.1 Å². The monoisotopic (exact) mass is 465 g/mol. The molecule has 8 nitrogen and oxygen atoms in total. The summed E-state index contributed by atoms with van der Waals surface area (Å²) in [5, 5.41) is 5.48. The van der Waals surface area contributed by atoms with E-state index in [2.05, 4.69) is 25.0 Å². The zero-order valence-corrected chi connectivity index (χ0v) is 18.7. The van der Waals surface area contributed by atoms with E-state index in [0.717, 1.165) is 10.6 Å². The summed E-state index contributed by atoms with van der Waals surface area (Å²) in [6.07, 6.45) is 3.00. The van der Waals surface area contributed by atoms with Gasteiger partial charge in [-0.2, -0.15) is 0 Å². The zero-order chi connectivity index (χ0) is 22.6. The number of aromatic nitrogens is 3. The third-order valence-corrected chi connectivity index (χ3v) is 6.72. The van der Waals surface area contributed by atoms with E-state index in [1.54, 1.807) is 6.07 Å². The van der Waals surface area contributed by atoms with Gasteiger partial charge in [0.15, 0.2) is 0 Å². The molecule has 0 saturated carbocycles. The van der Waals surface area contributed by atoms with Gasteiger partial charge < -0.3 is 5.32 Å². The van der Waals surface area contributed by atoms with Crippen LogP contribution in [0.25, 0.3) is 10.6 Å². The molecule has 0 unspecified atom stereocenters. The van der Waals surface area contributed by atoms with Gasteiger partial charge in [0.2, 0.25) is 11.9 Å². The number of hydrogen-bond donors (Lipinski definition) is 2. The molecule has 2 heterocycles. The normalized spacial score (nSPS) is 11.2. The number of sulfonamides is 1. The van der Waals surface area contributed by atoms with E-state index in [4.69, 9.17) is 0 Å². The highest BCUT2D eigenvalue weighted by molar-refractivity contribution is 7.92. The van der Waals surface area contributed by atoms with Crippen molar-refractivity contribution in [1.82, 2.24) is 15.0 Å². The Morgan fingerprint density at radius 2 is 1.69 bits per heavy atom. The van der Waals surface area contributed by atoms with E-state index in [1.807, 2.05) is 36.6 Å². The SMILES string of the molecule is Cc1ccc(-c2nc(CC(=O)Nc3ccc(S(=O)(=O)Nc4ncccn4)cc3)cs2)cc1. The molecule has 4 rings (SSSR count). The number of carbonyl (C=O) groups excluding carboxylic acids is 1. The number of aryl methyl sites for hydroxylation is 1. The first kappa shape index (κ1) is 21.6. The molecule has 2 aromatic carbocycles. The average Bonchev–Trinajstić information content (AvgIpc) is 3.23. The van der Waals surface area contributed by atoms with Crippen LogP contribution in [0.5, 0.6) is 0 Å².